The molecule has 6 nitrogen and oxygen atoms in total. The first-order valence-electron chi connectivity index (χ1n) is 5.93. The minimum Gasteiger partial charge on any atom is -0.310 e. The van der Waals surface area contributed by atoms with E-state index < -0.39 is 5.76 Å². The van der Waals surface area contributed by atoms with Crippen molar-refractivity contribution in [3.8, 4) is 11.4 Å². The van der Waals surface area contributed by atoms with Gasteiger partial charge in [-0.05, 0) is 26.0 Å². The van der Waals surface area contributed by atoms with Crippen LogP contribution in [0, 0.1) is 0 Å². The van der Waals surface area contributed by atoms with Gasteiger partial charge in [-0.25, -0.2) is 4.79 Å². The number of rotatable bonds is 5. The highest BCUT2D eigenvalue weighted by Crippen LogP contribution is 2.15. The van der Waals surface area contributed by atoms with Gasteiger partial charge in [0.15, 0.2) is 5.82 Å². The summed E-state index contributed by atoms with van der Waals surface area (Å²) < 4.78 is 4.45. The number of hydrogen-bond donors (Lipinski definition) is 2. The van der Waals surface area contributed by atoms with Crippen LogP contribution in [0.15, 0.2) is 33.6 Å². The van der Waals surface area contributed by atoms with Gasteiger partial charge >= 0.3 is 5.76 Å². The molecule has 2 N–H and O–H groups in total. The molecule has 6 heteroatoms. The Morgan fingerprint density at radius 1 is 1.42 bits per heavy atom. The molecule has 0 aliphatic rings. The molecule has 1 heterocycles. The first kappa shape index (κ1) is 13.2. The number of nitrogens with zero attached hydrogens (tertiary/aromatic N) is 1. The standard InChI is InChI=1S/C13H15N3O3/c1-8(17)11(14-2)7-9-3-5-10(6-4-9)12-15-13(18)19-16-12/h3-6,11,14H,7H2,1-2H3,(H,15,16,18)/t11-/m0/s1. The Morgan fingerprint density at radius 2 is 2.11 bits per heavy atom. The van der Waals surface area contributed by atoms with E-state index in [1.54, 1.807) is 14.0 Å². The van der Waals surface area contributed by atoms with Gasteiger partial charge in [0, 0.05) is 5.56 Å². The van der Waals surface area contributed by atoms with Crippen molar-refractivity contribution in [2.45, 2.75) is 19.4 Å². The molecule has 0 amide bonds. The smallest absolute Gasteiger partial charge is 0.310 e. The lowest BCUT2D eigenvalue weighted by Gasteiger charge is -2.12. The number of hydrogen-bond acceptors (Lipinski definition) is 5. The Morgan fingerprint density at radius 3 is 2.58 bits per heavy atom. The molecule has 0 radical (unpaired) electrons. The second kappa shape index (κ2) is 5.62. The third-order valence-electron chi connectivity index (χ3n) is 2.95. The molecule has 1 aromatic carbocycles. The highest BCUT2D eigenvalue weighted by atomic mass is 16.5. The molecule has 0 aliphatic carbocycles. The lowest BCUT2D eigenvalue weighted by Crippen LogP contribution is -2.34. The summed E-state index contributed by atoms with van der Waals surface area (Å²) in [7, 11) is 1.76. The molecule has 1 atom stereocenters. The second-order valence-corrected chi connectivity index (χ2v) is 4.30. The molecule has 100 valence electrons. The summed E-state index contributed by atoms with van der Waals surface area (Å²) in [6, 6.07) is 7.27. The predicted molar refractivity (Wildman–Crippen MR) is 69.8 cm³/mol. The fourth-order valence-electron chi connectivity index (χ4n) is 1.84. The van der Waals surface area contributed by atoms with Crippen LogP contribution in [0.1, 0.15) is 12.5 Å². The molecule has 1 aromatic heterocycles. The van der Waals surface area contributed by atoms with Gasteiger partial charge in [-0.1, -0.05) is 29.4 Å². The zero-order valence-corrected chi connectivity index (χ0v) is 10.8. The summed E-state index contributed by atoms with van der Waals surface area (Å²) in [6.45, 7) is 1.57. The molecule has 0 aliphatic heterocycles. The lowest BCUT2D eigenvalue weighted by molar-refractivity contribution is -0.118. The van der Waals surface area contributed by atoms with E-state index in [-0.39, 0.29) is 11.8 Å². The van der Waals surface area contributed by atoms with Crippen molar-refractivity contribution in [3.63, 3.8) is 0 Å². The molecule has 2 rings (SSSR count). The Hall–Kier alpha value is -2.21. The lowest BCUT2D eigenvalue weighted by atomic mass is 10.0. The third kappa shape index (κ3) is 3.17. The van der Waals surface area contributed by atoms with Gasteiger partial charge in [0.05, 0.1) is 6.04 Å². The van der Waals surface area contributed by atoms with Crippen molar-refractivity contribution in [1.82, 2.24) is 15.5 Å². The van der Waals surface area contributed by atoms with Crippen molar-refractivity contribution in [1.29, 1.82) is 0 Å². The maximum Gasteiger partial charge on any atom is 0.439 e. The number of aromatic amines is 1. The molecule has 0 bridgehead atoms. The van der Waals surface area contributed by atoms with Crippen molar-refractivity contribution in [2.24, 2.45) is 0 Å². The van der Waals surface area contributed by atoms with E-state index >= 15 is 0 Å². The van der Waals surface area contributed by atoms with E-state index in [1.165, 1.54) is 0 Å². The Kier molecular flexibility index (Phi) is 3.91. The van der Waals surface area contributed by atoms with Gasteiger partial charge in [0.2, 0.25) is 0 Å². The summed E-state index contributed by atoms with van der Waals surface area (Å²) in [5, 5.41) is 6.59. The number of aromatic nitrogens is 2. The van der Waals surface area contributed by atoms with Gasteiger partial charge < -0.3 is 5.32 Å². The number of carbonyl (C=O) groups is 1. The van der Waals surface area contributed by atoms with Crippen LogP contribution in [0.3, 0.4) is 0 Å². The van der Waals surface area contributed by atoms with E-state index in [4.69, 9.17) is 0 Å². The number of likely N-dealkylation sites (N-methyl/N-ethyl adjacent to an activating group) is 1. The van der Waals surface area contributed by atoms with Crippen molar-refractivity contribution in [3.05, 3.63) is 40.4 Å². The molecular weight excluding hydrogens is 246 g/mol. The molecule has 2 aromatic rings. The SMILES string of the molecule is CN[C@@H](Cc1ccc(-c2noc(=O)[nH]2)cc1)C(C)=O. The van der Waals surface area contributed by atoms with E-state index in [1.807, 2.05) is 24.3 Å². The normalized spacial score (nSPS) is 12.3. The minimum absolute atomic E-state index is 0.104. The summed E-state index contributed by atoms with van der Waals surface area (Å²) in [6.07, 6.45) is 0.626. The molecule has 0 unspecified atom stereocenters. The molecule has 0 spiro atoms. The van der Waals surface area contributed by atoms with Crippen LogP contribution in [0.25, 0.3) is 11.4 Å². The first-order chi connectivity index (χ1) is 9.10. The molecule has 0 fully saturated rings. The van der Waals surface area contributed by atoms with Crippen LogP contribution in [-0.4, -0.2) is 29.0 Å². The Balaban J connectivity index is 2.14. The number of ketones is 1. The highest BCUT2D eigenvalue weighted by Gasteiger charge is 2.12. The zero-order chi connectivity index (χ0) is 13.8. The van der Waals surface area contributed by atoms with Crippen LogP contribution in [0.5, 0.6) is 0 Å². The maximum atomic E-state index is 11.3. The Labute approximate surface area is 109 Å². The van der Waals surface area contributed by atoms with E-state index in [2.05, 4.69) is 20.0 Å². The van der Waals surface area contributed by atoms with Crippen LogP contribution in [0.2, 0.25) is 0 Å². The summed E-state index contributed by atoms with van der Waals surface area (Å²) in [5.74, 6) is -0.0772. The predicted octanol–water partition coefficient (Wildman–Crippen LogP) is 0.749. The molecule has 19 heavy (non-hydrogen) atoms. The monoisotopic (exact) mass is 261 g/mol. The number of nitrogens with one attached hydrogen (secondary N) is 2. The fraction of sp³-hybridized carbons (Fsp3) is 0.308. The van der Waals surface area contributed by atoms with Gasteiger partial charge in [-0.2, -0.15) is 0 Å². The average molecular weight is 261 g/mol. The summed E-state index contributed by atoms with van der Waals surface area (Å²) >= 11 is 0. The van der Waals surface area contributed by atoms with E-state index in [0.717, 1.165) is 11.1 Å². The number of carbonyl (C=O) groups excluding carboxylic acids is 1. The van der Waals surface area contributed by atoms with Gasteiger partial charge in [-0.3, -0.25) is 14.3 Å². The maximum absolute atomic E-state index is 11.3. The zero-order valence-electron chi connectivity index (χ0n) is 10.8. The van der Waals surface area contributed by atoms with Crippen LogP contribution in [0.4, 0.5) is 0 Å². The Bertz CT molecular complexity index is 613. The quantitative estimate of drug-likeness (QED) is 0.829. The average Bonchev–Trinajstić information content (AvgIpc) is 2.83. The minimum atomic E-state index is -0.578. The fourth-order valence-corrected chi connectivity index (χ4v) is 1.84. The number of benzene rings is 1. The largest absolute Gasteiger partial charge is 0.439 e. The summed E-state index contributed by atoms with van der Waals surface area (Å²) in [4.78, 5) is 24.7. The van der Waals surface area contributed by atoms with Crippen molar-refractivity contribution < 1.29 is 9.32 Å². The molecule has 0 saturated carbocycles. The van der Waals surface area contributed by atoms with E-state index in [9.17, 15) is 9.59 Å². The number of Topliss-reactive ketones (excluding diaryl/α,β-unsaturated/α-hetero) is 1. The third-order valence-corrected chi connectivity index (χ3v) is 2.95. The van der Waals surface area contributed by atoms with Crippen LogP contribution in [-0.2, 0) is 11.2 Å². The van der Waals surface area contributed by atoms with Crippen LogP contribution >= 0.6 is 0 Å². The van der Waals surface area contributed by atoms with Crippen LogP contribution < -0.4 is 11.1 Å². The summed E-state index contributed by atoms with van der Waals surface area (Å²) in [5.41, 5.74) is 1.79. The van der Waals surface area contributed by atoms with Crippen molar-refractivity contribution >= 4 is 5.78 Å². The van der Waals surface area contributed by atoms with Gasteiger partial charge in [0.25, 0.3) is 0 Å². The van der Waals surface area contributed by atoms with E-state index in [0.29, 0.717) is 12.2 Å². The molecule has 0 saturated heterocycles. The molecular formula is C13H15N3O3. The highest BCUT2D eigenvalue weighted by molar-refractivity contribution is 5.81. The van der Waals surface area contributed by atoms with Gasteiger partial charge in [0.1, 0.15) is 5.78 Å². The second-order valence-electron chi connectivity index (χ2n) is 4.30. The van der Waals surface area contributed by atoms with Crippen molar-refractivity contribution in [2.75, 3.05) is 7.05 Å². The van der Waals surface area contributed by atoms with Gasteiger partial charge in [-0.15, -0.1) is 0 Å². The number of H-pyrrole nitrogens is 1. The topological polar surface area (TPSA) is 88.0 Å². The first-order valence-corrected chi connectivity index (χ1v) is 5.93.